The SMILES string of the molecule is CCc1sc2nc(Cn3nc(Cl)cc3C(F)(F)F)cc(=O)n2c1C1CC1. The van der Waals surface area contributed by atoms with Crippen LogP contribution in [0.15, 0.2) is 16.9 Å². The molecule has 5 nitrogen and oxygen atoms in total. The third-order valence-electron chi connectivity index (χ3n) is 4.32. The Morgan fingerprint density at radius 2 is 2.08 bits per heavy atom. The molecule has 0 saturated heterocycles. The molecule has 0 N–H and O–H groups in total. The Labute approximate surface area is 155 Å². The van der Waals surface area contributed by atoms with Crippen LogP contribution in [0.2, 0.25) is 5.15 Å². The maximum Gasteiger partial charge on any atom is 0.433 e. The van der Waals surface area contributed by atoms with Gasteiger partial charge in [0.2, 0.25) is 0 Å². The summed E-state index contributed by atoms with van der Waals surface area (Å²) in [6.07, 6.45) is -1.69. The van der Waals surface area contributed by atoms with Crippen molar-refractivity contribution in [3.63, 3.8) is 0 Å². The topological polar surface area (TPSA) is 52.2 Å². The van der Waals surface area contributed by atoms with Crippen LogP contribution >= 0.6 is 22.9 Å². The first kappa shape index (κ1) is 17.5. The van der Waals surface area contributed by atoms with Gasteiger partial charge in [-0.3, -0.25) is 13.9 Å². The molecule has 1 aliphatic rings. The summed E-state index contributed by atoms with van der Waals surface area (Å²) in [4.78, 5) is 18.6. The number of rotatable bonds is 4. The van der Waals surface area contributed by atoms with Crippen LogP contribution < -0.4 is 5.56 Å². The van der Waals surface area contributed by atoms with E-state index in [1.165, 1.54) is 17.4 Å². The molecule has 0 radical (unpaired) electrons. The molecular formula is C16H14ClF3N4OS. The second-order valence-corrected chi connectivity index (χ2v) is 7.70. The quantitative estimate of drug-likeness (QED) is 0.659. The lowest BCUT2D eigenvalue weighted by atomic mass is 10.2. The van der Waals surface area contributed by atoms with Crippen molar-refractivity contribution in [3.8, 4) is 0 Å². The smallest absolute Gasteiger partial charge is 0.269 e. The maximum atomic E-state index is 13.1. The first-order valence-electron chi connectivity index (χ1n) is 8.12. The summed E-state index contributed by atoms with van der Waals surface area (Å²) in [5, 5.41) is 3.42. The van der Waals surface area contributed by atoms with Gasteiger partial charge in [0.25, 0.3) is 5.56 Å². The average molecular weight is 403 g/mol. The first-order valence-corrected chi connectivity index (χ1v) is 9.32. The zero-order valence-corrected chi connectivity index (χ0v) is 15.3. The Hall–Kier alpha value is -1.87. The summed E-state index contributed by atoms with van der Waals surface area (Å²) >= 11 is 7.05. The van der Waals surface area contributed by atoms with Crippen molar-refractivity contribution >= 4 is 27.9 Å². The van der Waals surface area contributed by atoms with Gasteiger partial charge >= 0.3 is 6.18 Å². The third-order valence-corrected chi connectivity index (χ3v) is 5.70. The largest absolute Gasteiger partial charge is 0.433 e. The number of nitrogens with zero attached hydrogens (tertiary/aromatic N) is 4. The van der Waals surface area contributed by atoms with Gasteiger partial charge in [0.15, 0.2) is 10.1 Å². The number of aromatic nitrogens is 4. The van der Waals surface area contributed by atoms with Crippen molar-refractivity contribution in [3.05, 3.63) is 49.6 Å². The predicted octanol–water partition coefficient (Wildman–Crippen LogP) is 4.11. The van der Waals surface area contributed by atoms with E-state index in [0.717, 1.165) is 40.6 Å². The van der Waals surface area contributed by atoms with Gasteiger partial charge < -0.3 is 0 Å². The third kappa shape index (κ3) is 3.03. The molecule has 0 spiro atoms. The van der Waals surface area contributed by atoms with E-state index in [0.29, 0.717) is 10.9 Å². The number of hydrogen-bond donors (Lipinski definition) is 0. The van der Waals surface area contributed by atoms with Gasteiger partial charge in [0.05, 0.1) is 12.2 Å². The molecule has 4 rings (SSSR count). The van der Waals surface area contributed by atoms with Crippen LogP contribution in [0, 0.1) is 0 Å². The van der Waals surface area contributed by atoms with Crippen molar-refractivity contribution in [1.82, 2.24) is 19.2 Å². The summed E-state index contributed by atoms with van der Waals surface area (Å²) in [6, 6.07) is 2.04. The van der Waals surface area contributed by atoms with E-state index < -0.39 is 11.9 Å². The summed E-state index contributed by atoms with van der Waals surface area (Å²) in [6.45, 7) is 1.75. The molecular weight excluding hydrogens is 389 g/mol. The summed E-state index contributed by atoms with van der Waals surface area (Å²) < 4.78 is 41.6. The molecule has 1 aliphatic carbocycles. The molecule has 3 aromatic heterocycles. The highest BCUT2D eigenvalue weighted by atomic mass is 35.5. The molecule has 138 valence electrons. The van der Waals surface area contributed by atoms with E-state index in [1.807, 2.05) is 6.92 Å². The molecule has 3 heterocycles. The van der Waals surface area contributed by atoms with Crippen molar-refractivity contribution < 1.29 is 13.2 Å². The molecule has 26 heavy (non-hydrogen) atoms. The zero-order valence-electron chi connectivity index (χ0n) is 13.7. The minimum Gasteiger partial charge on any atom is -0.269 e. The van der Waals surface area contributed by atoms with Gasteiger partial charge in [-0.25, -0.2) is 4.98 Å². The van der Waals surface area contributed by atoms with E-state index in [4.69, 9.17) is 11.6 Å². The Kier molecular flexibility index (Phi) is 4.11. The molecule has 0 amide bonds. The second-order valence-electron chi connectivity index (χ2n) is 6.25. The van der Waals surface area contributed by atoms with Crippen LogP contribution in [0.25, 0.3) is 4.96 Å². The molecule has 10 heteroatoms. The maximum absolute atomic E-state index is 13.1. The Balaban J connectivity index is 1.79. The second kappa shape index (κ2) is 6.09. The normalized spacial score (nSPS) is 15.1. The van der Waals surface area contributed by atoms with Crippen molar-refractivity contribution in [2.45, 2.75) is 44.8 Å². The fourth-order valence-corrected chi connectivity index (χ4v) is 4.44. The molecule has 1 saturated carbocycles. The van der Waals surface area contributed by atoms with Gasteiger partial charge in [-0.1, -0.05) is 18.5 Å². The molecule has 0 unspecified atom stereocenters. The number of fused-ring (bicyclic) bond motifs is 1. The van der Waals surface area contributed by atoms with E-state index in [9.17, 15) is 18.0 Å². The van der Waals surface area contributed by atoms with Crippen molar-refractivity contribution in [2.24, 2.45) is 0 Å². The Morgan fingerprint density at radius 1 is 1.35 bits per heavy atom. The molecule has 0 aliphatic heterocycles. The van der Waals surface area contributed by atoms with Crippen LogP contribution in [0.5, 0.6) is 0 Å². The Bertz CT molecular complexity index is 1050. The monoisotopic (exact) mass is 402 g/mol. The van der Waals surface area contributed by atoms with Crippen LogP contribution in [0.3, 0.4) is 0 Å². The standard InChI is InChI=1S/C16H14ClF3N4OS/c1-2-10-14(8-3-4-8)24-13(25)5-9(21-15(24)26-10)7-23-11(16(18,19)20)6-12(17)22-23/h5-6,8H,2-4,7H2,1H3. The van der Waals surface area contributed by atoms with Crippen LogP contribution in [-0.4, -0.2) is 19.2 Å². The van der Waals surface area contributed by atoms with E-state index in [2.05, 4.69) is 10.1 Å². The molecule has 0 atom stereocenters. The lowest BCUT2D eigenvalue weighted by Gasteiger charge is -2.10. The highest BCUT2D eigenvalue weighted by Crippen LogP contribution is 2.43. The minimum atomic E-state index is -4.59. The Morgan fingerprint density at radius 3 is 2.69 bits per heavy atom. The number of alkyl halides is 3. The number of aryl methyl sites for hydroxylation is 1. The van der Waals surface area contributed by atoms with Crippen LogP contribution in [0.4, 0.5) is 13.2 Å². The molecule has 1 fully saturated rings. The number of halogens is 4. The highest BCUT2D eigenvalue weighted by molar-refractivity contribution is 7.17. The molecule has 0 aromatic carbocycles. The van der Waals surface area contributed by atoms with Gasteiger partial charge in [-0.05, 0) is 19.3 Å². The van der Waals surface area contributed by atoms with E-state index in [-0.39, 0.29) is 23.0 Å². The van der Waals surface area contributed by atoms with Crippen molar-refractivity contribution in [2.75, 3.05) is 0 Å². The zero-order chi connectivity index (χ0) is 18.6. The van der Waals surface area contributed by atoms with Crippen LogP contribution in [0.1, 0.15) is 47.6 Å². The van der Waals surface area contributed by atoms with Crippen LogP contribution in [-0.2, 0) is 19.1 Å². The summed E-state index contributed by atoms with van der Waals surface area (Å²) in [5.74, 6) is 0.380. The fourth-order valence-electron chi connectivity index (χ4n) is 3.07. The fraction of sp³-hybridized carbons (Fsp3) is 0.438. The van der Waals surface area contributed by atoms with Gasteiger partial charge in [0.1, 0.15) is 5.69 Å². The van der Waals surface area contributed by atoms with Gasteiger partial charge in [0, 0.05) is 28.6 Å². The summed E-state index contributed by atoms with van der Waals surface area (Å²) in [7, 11) is 0. The van der Waals surface area contributed by atoms with Gasteiger partial charge in [-0.2, -0.15) is 18.3 Å². The minimum absolute atomic E-state index is 0.228. The molecule has 3 aromatic rings. The van der Waals surface area contributed by atoms with Gasteiger partial charge in [-0.15, -0.1) is 11.3 Å². The van der Waals surface area contributed by atoms with E-state index in [1.54, 1.807) is 4.40 Å². The van der Waals surface area contributed by atoms with E-state index >= 15 is 0 Å². The average Bonchev–Trinajstić information content (AvgIpc) is 3.21. The predicted molar refractivity (Wildman–Crippen MR) is 92.0 cm³/mol. The lowest BCUT2D eigenvalue weighted by molar-refractivity contribution is -0.144. The lowest BCUT2D eigenvalue weighted by Crippen LogP contribution is -2.20. The summed E-state index contributed by atoms with van der Waals surface area (Å²) in [5.41, 5.74) is -0.000521. The van der Waals surface area contributed by atoms with Crippen molar-refractivity contribution in [1.29, 1.82) is 0 Å². The highest BCUT2D eigenvalue weighted by Gasteiger charge is 2.36. The molecule has 0 bridgehead atoms. The number of thiazole rings is 1. The first-order chi connectivity index (χ1) is 12.3. The number of hydrogen-bond acceptors (Lipinski definition) is 4.